The Morgan fingerprint density at radius 2 is 1.65 bits per heavy atom. The van der Waals surface area contributed by atoms with Gasteiger partial charge in [-0.2, -0.15) is 13.2 Å². The molecule has 0 radical (unpaired) electrons. The van der Waals surface area contributed by atoms with Crippen LogP contribution in [0.5, 0.6) is 5.75 Å². The molecule has 1 nitrogen and oxygen atoms in total. The van der Waals surface area contributed by atoms with Crippen LogP contribution < -0.4 is 4.74 Å². The molecule has 0 saturated heterocycles. The highest BCUT2D eigenvalue weighted by atomic mass is 19.4. The predicted octanol–water partition coefficient (Wildman–Crippen LogP) is 4.91. The third kappa shape index (κ3) is 2.92. The van der Waals surface area contributed by atoms with Crippen LogP contribution in [0.25, 0.3) is 11.1 Å². The minimum atomic E-state index is -4.39. The van der Waals surface area contributed by atoms with Crippen molar-refractivity contribution in [3.05, 3.63) is 53.8 Å². The van der Waals surface area contributed by atoms with E-state index in [1.54, 1.807) is 13.0 Å². The number of hydrogen-bond acceptors (Lipinski definition) is 1. The van der Waals surface area contributed by atoms with E-state index in [0.717, 1.165) is 12.1 Å². The first-order chi connectivity index (χ1) is 9.43. The molecule has 0 atom stereocenters. The van der Waals surface area contributed by atoms with Gasteiger partial charge >= 0.3 is 6.18 Å². The van der Waals surface area contributed by atoms with Gasteiger partial charge in [0.25, 0.3) is 0 Å². The fourth-order valence-corrected chi connectivity index (χ4v) is 1.87. The Morgan fingerprint density at radius 1 is 1.00 bits per heavy atom. The Balaban J connectivity index is 2.44. The van der Waals surface area contributed by atoms with Crippen molar-refractivity contribution in [3.63, 3.8) is 0 Å². The standard InChI is InChI=1S/C15H12F4O/c1-2-20-14-12(4-3-5-13(14)16)10-6-8-11(9-7-10)15(17,18)19/h3-9H,2H2,1H3. The molecule has 20 heavy (non-hydrogen) atoms. The van der Waals surface area contributed by atoms with E-state index in [2.05, 4.69) is 0 Å². The highest BCUT2D eigenvalue weighted by Gasteiger charge is 2.30. The molecule has 0 saturated carbocycles. The summed E-state index contributed by atoms with van der Waals surface area (Å²) in [5.41, 5.74) is 0.164. The van der Waals surface area contributed by atoms with Crippen molar-refractivity contribution in [2.24, 2.45) is 0 Å². The van der Waals surface area contributed by atoms with Gasteiger partial charge < -0.3 is 4.74 Å². The van der Waals surface area contributed by atoms with Crippen LogP contribution in [0.2, 0.25) is 0 Å². The van der Waals surface area contributed by atoms with Crippen molar-refractivity contribution < 1.29 is 22.3 Å². The molecule has 0 aromatic heterocycles. The second kappa shape index (κ2) is 5.53. The molecular formula is C15H12F4O. The van der Waals surface area contributed by atoms with Crippen LogP contribution in [0.1, 0.15) is 12.5 Å². The van der Waals surface area contributed by atoms with E-state index in [-0.39, 0.29) is 12.4 Å². The number of halogens is 4. The van der Waals surface area contributed by atoms with Gasteiger partial charge in [-0.3, -0.25) is 0 Å². The molecule has 0 bridgehead atoms. The third-order valence-electron chi connectivity index (χ3n) is 2.78. The number of benzene rings is 2. The highest BCUT2D eigenvalue weighted by molar-refractivity contribution is 5.70. The molecule has 0 heterocycles. The van der Waals surface area contributed by atoms with Gasteiger partial charge in [0.1, 0.15) is 0 Å². The van der Waals surface area contributed by atoms with Gasteiger partial charge in [-0.1, -0.05) is 24.3 Å². The summed E-state index contributed by atoms with van der Waals surface area (Å²) < 4.78 is 56.4. The first-order valence-corrected chi connectivity index (χ1v) is 6.02. The van der Waals surface area contributed by atoms with Crippen molar-refractivity contribution in [3.8, 4) is 16.9 Å². The average Bonchev–Trinajstić information content (AvgIpc) is 2.40. The van der Waals surface area contributed by atoms with Crippen LogP contribution in [0.15, 0.2) is 42.5 Å². The summed E-state index contributed by atoms with van der Waals surface area (Å²) >= 11 is 0. The molecule has 2 rings (SSSR count). The summed E-state index contributed by atoms with van der Waals surface area (Å²) in [6.45, 7) is 1.98. The lowest BCUT2D eigenvalue weighted by molar-refractivity contribution is -0.137. The molecule has 0 N–H and O–H groups in total. The molecule has 2 aromatic rings. The minimum Gasteiger partial charge on any atom is -0.490 e. The number of rotatable bonds is 3. The second-order valence-corrected chi connectivity index (χ2v) is 4.12. The number of hydrogen-bond donors (Lipinski definition) is 0. The normalized spacial score (nSPS) is 11.4. The summed E-state index contributed by atoms with van der Waals surface area (Å²) in [6, 6.07) is 8.90. The maximum atomic E-state index is 13.7. The summed E-state index contributed by atoms with van der Waals surface area (Å²) in [6.07, 6.45) is -4.39. The van der Waals surface area contributed by atoms with Crippen molar-refractivity contribution in [1.82, 2.24) is 0 Å². The Kier molecular flexibility index (Phi) is 3.97. The minimum absolute atomic E-state index is 0.0507. The molecule has 106 valence electrons. The van der Waals surface area contributed by atoms with E-state index >= 15 is 0 Å². The van der Waals surface area contributed by atoms with Gasteiger partial charge in [-0.15, -0.1) is 0 Å². The van der Waals surface area contributed by atoms with E-state index in [9.17, 15) is 17.6 Å². The van der Waals surface area contributed by atoms with Crippen LogP contribution in [0, 0.1) is 5.82 Å². The predicted molar refractivity (Wildman–Crippen MR) is 68.0 cm³/mol. The molecule has 0 aliphatic carbocycles. The van der Waals surface area contributed by atoms with Crippen LogP contribution in [0.3, 0.4) is 0 Å². The molecule has 0 unspecified atom stereocenters. The van der Waals surface area contributed by atoms with Gasteiger partial charge in [0.15, 0.2) is 11.6 Å². The molecule has 0 aliphatic rings. The van der Waals surface area contributed by atoms with E-state index < -0.39 is 17.6 Å². The summed E-state index contributed by atoms with van der Waals surface area (Å²) in [5, 5.41) is 0. The lowest BCUT2D eigenvalue weighted by Gasteiger charge is -2.12. The van der Waals surface area contributed by atoms with Gasteiger partial charge in [-0.25, -0.2) is 4.39 Å². The summed E-state index contributed by atoms with van der Waals surface area (Å²) in [5.74, 6) is -0.487. The van der Waals surface area contributed by atoms with E-state index in [1.807, 2.05) is 0 Å². The lowest BCUT2D eigenvalue weighted by Crippen LogP contribution is -2.04. The second-order valence-electron chi connectivity index (χ2n) is 4.12. The van der Waals surface area contributed by atoms with Crippen molar-refractivity contribution in [2.45, 2.75) is 13.1 Å². The first kappa shape index (κ1) is 14.4. The Labute approximate surface area is 113 Å². The average molecular weight is 284 g/mol. The van der Waals surface area contributed by atoms with Crippen molar-refractivity contribution in [1.29, 1.82) is 0 Å². The molecule has 0 amide bonds. The molecular weight excluding hydrogens is 272 g/mol. The molecule has 2 aromatic carbocycles. The summed E-state index contributed by atoms with van der Waals surface area (Å²) in [7, 11) is 0. The van der Waals surface area contributed by atoms with Gasteiger partial charge in [0, 0.05) is 5.56 Å². The zero-order valence-corrected chi connectivity index (χ0v) is 10.7. The number of alkyl halides is 3. The lowest BCUT2D eigenvalue weighted by atomic mass is 10.0. The fourth-order valence-electron chi connectivity index (χ4n) is 1.87. The van der Waals surface area contributed by atoms with E-state index in [4.69, 9.17) is 4.74 Å². The largest absolute Gasteiger partial charge is 0.490 e. The Bertz CT molecular complexity index is 588. The van der Waals surface area contributed by atoms with Gasteiger partial charge in [0.05, 0.1) is 12.2 Å². The van der Waals surface area contributed by atoms with Gasteiger partial charge in [0.2, 0.25) is 0 Å². The van der Waals surface area contributed by atoms with Crippen LogP contribution >= 0.6 is 0 Å². The van der Waals surface area contributed by atoms with Gasteiger partial charge in [-0.05, 0) is 30.7 Å². The smallest absolute Gasteiger partial charge is 0.416 e. The van der Waals surface area contributed by atoms with E-state index in [0.29, 0.717) is 11.1 Å². The molecule has 5 heteroatoms. The molecule has 0 aliphatic heterocycles. The topological polar surface area (TPSA) is 9.23 Å². The zero-order chi connectivity index (χ0) is 14.8. The fraction of sp³-hybridized carbons (Fsp3) is 0.200. The quantitative estimate of drug-likeness (QED) is 0.728. The van der Waals surface area contributed by atoms with Crippen LogP contribution in [-0.4, -0.2) is 6.61 Å². The van der Waals surface area contributed by atoms with E-state index in [1.165, 1.54) is 24.3 Å². The van der Waals surface area contributed by atoms with Crippen LogP contribution in [0.4, 0.5) is 17.6 Å². The maximum Gasteiger partial charge on any atom is 0.416 e. The third-order valence-corrected chi connectivity index (χ3v) is 2.78. The van der Waals surface area contributed by atoms with Crippen molar-refractivity contribution >= 4 is 0 Å². The Hall–Kier alpha value is -2.04. The van der Waals surface area contributed by atoms with Crippen LogP contribution in [-0.2, 0) is 6.18 Å². The number of para-hydroxylation sites is 1. The molecule has 0 spiro atoms. The highest BCUT2D eigenvalue weighted by Crippen LogP contribution is 2.35. The Morgan fingerprint density at radius 3 is 2.20 bits per heavy atom. The number of ether oxygens (including phenoxy) is 1. The van der Waals surface area contributed by atoms with Crippen molar-refractivity contribution in [2.75, 3.05) is 6.61 Å². The summed E-state index contributed by atoms with van der Waals surface area (Å²) in [4.78, 5) is 0. The SMILES string of the molecule is CCOc1c(F)cccc1-c1ccc(C(F)(F)F)cc1. The first-order valence-electron chi connectivity index (χ1n) is 6.02. The maximum absolute atomic E-state index is 13.7. The molecule has 0 fully saturated rings. The zero-order valence-electron chi connectivity index (χ0n) is 10.7. The monoisotopic (exact) mass is 284 g/mol.